The molecular weight excluding hydrogens is 338 g/mol. The monoisotopic (exact) mass is 365 g/mol. The number of pyridine rings is 1. The SMILES string of the molecule is O=C(CC12CC3CC(CC(C3)C1)C2)NCCc1nc(-c2ccncc2)n[nH]1. The fourth-order valence-electron chi connectivity index (χ4n) is 6.27. The standard InChI is InChI=1S/C21H27N5O/c27-19(13-21-10-14-7-15(11-21)9-16(8-14)12-21)23-6-3-18-24-20(26-25-18)17-1-4-22-5-2-17/h1-2,4-5,14-16H,3,6-13H2,(H,23,27)(H,24,25,26). The average Bonchev–Trinajstić information content (AvgIpc) is 3.10. The zero-order chi connectivity index (χ0) is 18.3. The van der Waals surface area contributed by atoms with Crippen LogP contribution in [0.1, 0.15) is 50.8 Å². The zero-order valence-electron chi connectivity index (χ0n) is 15.7. The van der Waals surface area contributed by atoms with Crippen LogP contribution in [0.3, 0.4) is 0 Å². The van der Waals surface area contributed by atoms with Gasteiger partial charge in [0.05, 0.1) is 0 Å². The number of amides is 1. The van der Waals surface area contributed by atoms with Gasteiger partial charge in [-0.1, -0.05) is 0 Å². The fourth-order valence-corrected chi connectivity index (χ4v) is 6.27. The smallest absolute Gasteiger partial charge is 0.220 e. The molecule has 0 aliphatic heterocycles. The highest BCUT2D eigenvalue weighted by Crippen LogP contribution is 2.61. The molecule has 2 N–H and O–H groups in total. The van der Waals surface area contributed by atoms with Gasteiger partial charge in [-0.3, -0.25) is 14.9 Å². The summed E-state index contributed by atoms with van der Waals surface area (Å²) in [5, 5.41) is 10.3. The first-order valence-corrected chi connectivity index (χ1v) is 10.3. The Morgan fingerprint density at radius 3 is 2.44 bits per heavy atom. The van der Waals surface area contributed by atoms with Gasteiger partial charge in [-0.05, 0) is 73.8 Å². The second-order valence-corrected chi connectivity index (χ2v) is 9.04. The molecule has 0 radical (unpaired) electrons. The highest BCUT2D eigenvalue weighted by atomic mass is 16.1. The first-order chi connectivity index (χ1) is 13.2. The molecule has 1 amide bonds. The van der Waals surface area contributed by atoms with Crippen molar-refractivity contribution in [1.29, 1.82) is 0 Å². The lowest BCUT2D eigenvalue weighted by molar-refractivity contribution is -0.129. The van der Waals surface area contributed by atoms with Crippen LogP contribution < -0.4 is 5.32 Å². The van der Waals surface area contributed by atoms with Crippen molar-refractivity contribution in [3.8, 4) is 11.4 Å². The van der Waals surface area contributed by atoms with E-state index in [2.05, 4.69) is 25.5 Å². The minimum Gasteiger partial charge on any atom is -0.356 e. The Bertz CT molecular complexity index is 780. The number of nitrogens with zero attached hydrogens (tertiary/aromatic N) is 3. The van der Waals surface area contributed by atoms with E-state index >= 15 is 0 Å². The van der Waals surface area contributed by atoms with Crippen LogP contribution in [0.25, 0.3) is 11.4 Å². The lowest BCUT2D eigenvalue weighted by Crippen LogP contribution is -2.48. The predicted octanol–water partition coefficient (Wildman–Crippen LogP) is 3.13. The third-order valence-corrected chi connectivity index (χ3v) is 6.85. The second-order valence-electron chi connectivity index (χ2n) is 9.04. The molecule has 142 valence electrons. The predicted molar refractivity (Wildman–Crippen MR) is 102 cm³/mol. The van der Waals surface area contributed by atoms with Crippen molar-refractivity contribution in [3.63, 3.8) is 0 Å². The molecule has 6 rings (SSSR count). The number of carbonyl (C=O) groups excluding carboxylic acids is 1. The van der Waals surface area contributed by atoms with Crippen LogP contribution in [0.4, 0.5) is 0 Å². The molecule has 4 aliphatic rings. The lowest BCUT2D eigenvalue weighted by Gasteiger charge is -2.56. The first-order valence-electron chi connectivity index (χ1n) is 10.3. The maximum absolute atomic E-state index is 12.6. The molecule has 0 spiro atoms. The summed E-state index contributed by atoms with van der Waals surface area (Å²) in [5.41, 5.74) is 1.25. The number of nitrogens with one attached hydrogen (secondary N) is 2. The topological polar surface area (TPSA) is 83.6 Å². The van der Waals surface area contributed by atoms with Crippen LogP contribution in [-0.2, 0) is 11.2 Å². The molecule has 2 heterocycles. The minimum absolute atomic E-state index is 0.214. The highest BCUT2D eigenvalue weighted by Gasteiger charge is 2.51. The third-order valence-electron chi connectivity index (χ3n) is 6.85. The molecule has 4 aliphatic carbocycles. The van der Waals surface area contributed by atoms with Crippen molar-refractivity contribution in [2.24, 2.45) is 23.2 Å². The Labute approximate surface area is 159 Å². The molecule has 2 aromatic heterocycles. The second kappa shape index (κ2) is 6.73. The van der Waals surface area contributed by atoms with Crippen LogP contribution >= 0.6 is 0 Å². The van der Waals surface area contributed by atoms with Crippen molar-refractivity contribution < 1.29 is 4.79 Å². The van der Waals surface area contributed by atoms with E-state index in [0.717, 1.165) is 35.6 Å². The van der Waals surface area contributed by atoms with Crippen LogP contribution in [0, 0.1) is 23.2 Å². The van der Waals surface area contributed by atoms with Crippen LogP contribution in [0.5, 0.6) is 0 Å². The summed E-state index contributed by atoms with van der Waals surface area (Å²) in [6.45, 7) is 0.607. The summed E-state index contributed by atoms with van der Waals surface area (Å²) < 4.78 is 0. The molecule has 6 nitrogen and oxygen atoms in total. The number of aromatic nitrogens is 4. The molecule has 2 aromatic rings. The van der Waals surface area contributed by atoms with Gasteiger partial charge in [0.1, 0.15) is 5.82 Å². The molecular formula is C21H27N5O. The Morgan fingerprint density at radius 2 is 1.78 bits per heavy atom. The van der Waals surface area contributed by atoms with E-state index < -0.39 is 0 Å². The van der Waals surface area contributed by atoms with Gasteiger partial charge in [0, 0.05) is 37.3 Å². The summed E-state index contributed by atoms with van der Waals surface area (Å²) in [6, 6.07) is 3.78. The van der Waals surface area contributed by atoms with Crippen molar-refractivity contribution >= 4 is 5.91 Å². The van der Waals surface area contributed by atoms with Gasteiger partial charge >= 0.3 is 0 Å². The van der Waals surface area contributed by atoms with E-state index in [-0.39, 0.29) is 5.91 Å². The van der Waals surface area contributed by atoms with E-state index in [9.17, 15) is 4.79 Å². The minimum atomic E-state index is 0.214. The zero-order valence-corrected chi connectivity index (χ0v) is 15.7. The Kier molecular flexibility index (Phi) is 4.21. The van der Waals surface area contributed by atoms with Gasteiger partial charge in [-0.15, -0.1) is 0 Å². The highest BCUT2D eigenvalue weighted by molar-refractivity contribution is 5.76. The maximum atomic E-state index is 12.6. The van der Waals surface area contributed by atoms with E-state index in [0.29, 0.717) is 24.2 Å². The van der Waals surface area contributed by atoms with Crippen LogP contribution in [-0.4, -0.2) is 32.6 Å². The van der Waals surface area contributed by atoms with E-state index in [1.807, 2.05) is 12.1 Å². The van der Waals surface area contributed by atoms with Crippen molar-refractivity contribution in [2.75, 3.05) is 6.54 Å². The molecule has 0 unspecified atom stereocenters. The third kappa shape index (κ3) is 3.49. The molecule has 4 bridgehead atoms. The number of hydrogen-bond acceptors (Lipinski definition) is 4. The molecule has 4 saturated carbocycles. The van der Waals surface area contributed by atoms with Gasteiger partial charge in [0.2, 0.25) is 5.91 Å². The summed E-state index contributed by atoms with van der Waals surface area (Å²) in [7, 11) is 0. The summed E-state index contributed by atoms with van der Waals surface area (Å²) in [6.07, 6.45) is 13.0. The van der Waals surface area contributed by atoms with Crippen molar-refractivity contribution in [3.05, 3.63) is 30.4 Å². The van der Waals surface area contributed by atoms with Crippen molar-refractivity contribution in [2.45, 2.75) is 51.4 Å². The summed E-state index contributed by atoms with van der Waals surface area (Å²) >= 11 is 0. The van der Waals surface area contributed by atoms with Gasteiger partial charge in [0.15, 0.2) is 5.82 Å². The number of aromatic amines is 1. The number of hydrogen-bond donors (Lipinski definition) is 2. The lowest BCUT2D eigenvalue weighted by atomic mass is 9.49. The van der Waals surface area contributed by atoms with Crippen molar-refractivity contribution in [1.82, 2.24) is 25.5 Å². The molecule has 6 heteroatoms. The number of rotatable bonds is 6. The number of H-pyrrole nitrogens is 1. The van der Waals surface area contributed by atoms with Crippen LogP contribution in [0.2, 0.25) is 0 Å². The Hall–Kier alpha value is -2.24. The van der Waals surface area contributed by atoms with Gasteiger partial charge in [0.25, 0.3) is 0 Å². The molecule has 0 atom stereocenters. The summed E-state index contributed by atoms with van der Waals surface area (Å²) in [4.78, 5) is 21.1. The van der Waals surface area contributed by atoms with E-state index in [4.69, 9.17) is 0 Å². The van der Waals surface area contributed by atoms with Gasteiger partial charge < -0.3 is 5.32 Å². The molecule has 27 heavy (non-hydrogen) atoms. The largest absolute Gasteiger partial charge is 0.356 e. The molecule has 4 fully saturated rings. The van der Waals surface area contributed by atoms with E-state index in [1.54, 1.807) is 12.4 Å². The van der Waals surface area contributed by atoms with Gasteiger partial charge in [-0.25, -0.2) is 4.98 Å². The maximum Gasteiger partial charge on any atom is 0.220 e. The van der Waals surface area contributed by atoms with Gasteiger partial charge in [-0.2, -0.15) is 5.10 Å². The fraction of sp³-hybridized carbons (Fsp3) is 0.619. The Balaban J connectivity index is 1.13. The normalized spacial score (nSPS) is 31.2. The average molecular weight is 365 g/mol. The number of carbonyl (C=O) groups is 1. The Morgan fingerprint density at radius 1 is 1.11 bits per heavy atom. The molecule has 0 saturated heterocycles. The van der Waals surface area contributed by atoms with E-state index in [1.165, 1.54) is 38.5 Å². The van der Waals surface area contributed by atoms with Crippen LogP contribution in [0.15, 0.2) is 24.5 Å². The summed E-state index contributed by atoms with van der Waals surface area (Å²) in [5.74, 6) is 4.37. The first kappa shape index (κ1) is 16.9. The molecule has 0 aromatic carbocycles. The quantitative estimate of drug-likeness (QED) is 0.824.